The highest BCUT2D eigenvalue weighted by molar-refractivity contribution is 5.37. The van der Waals surface area contributed by atoms with Crippen molar-refractivity contribution >= 4 is 0 Å². The van der Waals surface area contributed by atoms with Gasteiger partial charge in [-0.15, -0.1) is 0 Å². The van der Waals surface area contributed by atoms with E-state index in [0.29, 0.717) is 12.2 Å². The second-order valence-electron chi connectivity index (χ2n) is 6.24. The van der Waals surface area contributed by atoms with Gasteiger partial charge in [-0.05, 0) is 31.9 Å². The van der Waals surface area contributed by atoms with Crippen LogP contribution in [0.2, 0.25) is 0 Å². The number of hydrogen-bond acceptors (Lipinski definition) is 4. The molecular formula is C16H19N3O3. The fourth-order valence-corrected chi connectivity index (χ4v) is 3.82. The number of aromatic amines is 1. The summed E-state index contributed by atoms with van der Waals surface area (Å²) in [5.74, 6) is 0.734. The van der Waals surface area contributed by atoms with Gasteiger partial charge in [0.05, 0.1) is 5.60 Å². The van der Waals surface area contributed by atoms with Gasteiger partial charge >= 0.3 is 0 Å². The lowest BCUT2D eigenvalue weighted by atomic mass is 9.83. The number of methoxy groups -OCH3 is 1. The Hall–Kier alpha value is -1.92. The molecule has 116 valence electrons. The smallest absolute Gasteiger partial charge is 0.276 e. The van der Waals surface area contributed by atoms with E-state index in [1.807, 2.05) is 18.2 Å². The Morgan fingerprint density at radius 1 is 1.45 bits per heavy atom. The molecule has 6 heteroatoms. The summed E-state index contributed by atoms with van der Waals surface area (Å²) < 4.78 is 13.0. The van der Waals surface area contributed by atoms with E-state index < -0.39 is 0 Å². The van der Waals surface area contributed by atoms with Gasteiger partial charge in [-0.25, -0.2) is 9.67 Å². The first-order valence-corrected chi connectivity index (χ1v) is 7.58. The number of aromatic nitrogens is 3. The standard InChI is InChI=1S/C16H19N3O3/c1-16-9-11-14(10(16)6-7-13(21-2)22-16)15(20)19(18-11)12-5-3-4-8-17-12/h3-5,8,10,13,18H,6-7,9H2,1-2H3/t10-,13+,16+/m1/s1. The number of nitrogens with one attached hydrogen (secondary N) is 1. The summed E-state index contributed by atoms with van der Waals surface area (Å²) in [5.41, 5.74) is 1.44. The van der Waals surface area contributed by atoms with Crippen LogP contribution in [0.4, 0.5) is 0 Å². The average molecular weight is 301 g/mol. The first-order chi connectivity index (χ1) is 10.6. The lowest BCUT2D eigenvalue weighted by molar-refractivity contribution is -0.223. The molecule has 1 aliphatic heterocycles. The zero-order valence-corrected chi connectivity index (χ0v) is 12.7. The number of fused-ring (bicyclic) bond motifs is 3. The van der Waals surface area contributed by atoms with Crippen molar-refractivity contribution in [3.05, 3.63) is 46.0 Å². The van der Waals surface area contributed by atoms with Gasteiger partial charge in [0.25, 0.3) is 5.56 Å². The molecule has 0 spiro atoms. The van der Waals surface area contributed by atoms with E-state index in [4.69, 9.17) is 9.47 Å². The second kappa shape index (κ2) is 4.79. The van der Waals surface area contributed by atoms with Crippen LogP contribution in [0.5, 0.6) is 0 Å². The van der Waals surface area contributed by atoms with E-state index in [1.165, 1.54) is 4.68 Å². The molecule has 1 fully saturated rings. The fourth-order valence-electron chi connectivity index (χ4n) is 3.82. The Morgan fingerprint density at radius 2 is 2.32 bits per heavy atom. The Bertz CT molecular complexity index is 752. The maximum absolute atomic E-state index is 12.8. The van der Waals surface area contributed by atoms with Crippen LogP contribution in [-0.4, -0.2) is 33.8 Å². The predicted molar refractivity (Wildman–Crippen MR) is 80.2 cm³/mol. The van der Waals surface area contributed by atoms with Crippen molar-refractivity contribution in [3.63, 3.8) is 0 Å². The highest BCUT2D eigenvalue weighted by Gasteiger charge is 2.50. The largest absolute Gasteiger partial charge is 0.356 e. The molecule has 0 aromatic carbocycles. The highest BCUT2D eigenvalue weighted by atomic mass is 16.7. The van der Waals surface area contributed by atoms with Crippen LogP contribution in [0, 0.1) is 0 Å². The van der Waals surface area contributed by atoms with Crippen LogP contribution in [0.3, 0.4) is 0 Å². The minimum absolute atomic E-state index is 0.0121. The average Bonchev–Trinajstić information content (AvgIpc) is 3.00. The maximum Gasteiger partial charge on any atom is 0.276 e. The Kier molecular flexibility index (Phi) is 2.99. The molecule has 0 unspecified atom stereocenters. The molecule has 0 bridgehead atoms. The number of pyridine rings is 1. The molecule has 2 aromatic heterocycles. The van der Waals surface area contributed by atoms with Crippen molar-refractivity contribution in [1.29, 1.82) is 0 Å². The topological polar surface area (TPSA) is 69.1 Å². The van der Waals surface area contributed by atoms with Gasteiger partial charge < -0.3 is 9.47 Å². The molecule has 6 nitrogen and oxygen atoms in total. The molecule has 22 heavy (non-hydrogen) atoms. The summed E-state index contributed by atoms with van der Waals surface area (Å²) in [6.45, 7) is 2.07. The zero-order chi connectivity index (χ0) is 15.3. The molecule has 3 atom stereocenters. The van der Waals surface area contributed by atoms with Gasteiger partial charge in [0, 0.05) is 36.9 Å². The van der Waals surface area contributed by atoms with Crippen LogP contribution in [0.25, 0.3) is 5.82 Å². The Morgan fingerprint density at radius 3 is 3.05 bits per heavy atom. The van der Waals surface area contributed by atoms with Gasteiger partial charge in [0.15, 0.2) is 12.1 Å². The molecule has 2 aliphatic rings. The van der Waals surface area contributed by atoms with Crippen molar-refractivity contribution in [1.82, 2.24) is 14.8 Å². The molecule has 2 aromatic rings. The Labute approximate surface area is 128 Å². The van der Waals surface area contributed by atoms with E-state index in [0.717, 1.165) is 24.1 Å². The van der Waals surface area contributed by atoms with E-state index in [2.05, 4.69) is 17.0 Å². The zero-order valence-electron chi connectivity index (χ0n) is 12.7. The van der Waals surface area contributed by atoms with Gasteiger partial charge in [0.2, 0.25) is 0 Å². The molecule has 0 radical (unpaired) electrons. The van der Waals surface area contributed by atoms with E-state index in [-0.39, 0.29) is 23.4 Å². The van der Waals surface area contributed by atoms with Crippen molar-refractivity contribution in [2.45, 2.75) is 44.0 Å². The third-order valence-corrected chi connectivity index (χ3v) is 4.85. The second-order valence-corrected chi connectivity index (χ2v) is 6.24. The lowest BCUT2D eigenvalue weighted by Gasteiger charge is -2.40. The molecule has 1 N–H and O–H groups in total. The first kappa shape index (κ1) is 13.7. The SMILES string of the molecule is CO[C@@H]1CC[C@@H]2c3c([nH]n(-c4ccccn4)c3=O)C[C@]2(C)O1. The van der Waals surface area contributed by atoms with Crippen LogP contribution >= 0.6 is 0 Å². The van der Waals surface area contributed by atoms with E-state index >= 15 is 0 Å². The summed E-state index contributed by atoms with van der Waals surface area (Å²) >= 11 is 0. The first-order valence-electron chi connectivity index (χ1n) is 7.58. The van der Waals surface area contributed by atoms with Gasteiger partial charge in [-0.1, -0.05) is 6.07 Å². The number of nitrogens with zero attached hydrogens (tertiary/aromatic N) is 2. The lowest BCUT2D eigenvalue weighted by Crippen LogP contribution is -2.44. The van der Waals surface area contributed by atoms with E-state index in [1.54, 1.807) is 13.3 Å². The summed E-state index contributed by atoms with van der Waals surface area (Å²) in [6, 6.07) is 5.53. The molecule has 0 amide bonds. The predicted octanol–water partition coefficient (Wildman–Crippen LogP) is 1.74. The van der Waals surface area contributed by atoms with Gasteiger partial charge in [0.1, 0.15) is 0 Å². The summed E-state index contributed by atoms with van der Waals surface area (Å²) in [6.07, 6.45) is 3.91. The van der Waals surface area contributed by atoms with E-state index in [9.17, 15) is 4.79 Å². The minimum atomic E-state index is -0.359. The third kappa shape index (κ3) is 1.87. The molecule has 0 saturated carbocycles. The number of H-pyrrole nitrogens is 1. The Balaban J connectivity index is 1.75. The summed E-state index contributed by atoms with van der Waals surface area (Å²) in [4.78, 5) is 17.1. The normalized spacial score (nSPS) is 30.1. The van der Waals surface area contributed by atoms with Crippen molar-refractivity contribution in [2.24, 2.45) is 0 Å². The molecule has 4 rings (SSSR count). The molecule has 3 heterocycles. The molecular weight excluding hydrogens is 282 g/mol. The van der Waals surface area contributed by atoms with Crippen LogP contribution in [0.1, 0.15) is 36.9 Å². The van der Waals surface area contributed by atoms with Crippen LogP contribution in [-0.2, 0) is 15.9 Å². The van der Waals surface area contributed by atoms with Crippen molar-refractivity contribution in [3.8, 4) is 5.82 Å². The monoisotopic (exact) mass is 301 g/mol. The minimum Gasteiger partial charge on any atom is -0.356 e. The van der Waals surface area contributed by atoms with Crippen molar-refractivity contribution in [2.75, 3.05) is 7.11 Å². The van der Waals surface area contributed by atoms with Crippen molar-refractivity contribution < 1.29 is 9.47 Å². The highest BCUT2D eigenvalue weighted by Crippen LogP contribution is 2.48. The third-order valence-electron chi connectivity index (χ3n) is 4.85. The molecule has 1 aliphatic carbocycles. The maximum atomic E-state index is 12.8. The molecule has 1 saturated heterocycles. The number of ether oxygens (including phenoxy) is 2. The van der Waals surface area contributed by atoms with Crippen LogP contribution < -0.4 is 5.56 Å². The summed E-state index contributed by atoms with van der Waals surface area (Å²) in [7, 11) is 1.66. The van der Waals surface area contributed by atoms with Gasteiger partial charge in [-0.2, -0.15) is 0 Å². The summed E-state index contributed by atoms with van der Waals surface area (Å²) in [5, 5.41) is 3.21. The van der Waals surface area contributed by atoms with Crippen LogP contribution in [0.15, 0.2) is 29.2 Å². The fraction of sp³-hybridized carbons (Fsp3) is 0.500. The quantitative estimate of drug-likeness (QED) is 0.917. The number of hydrogen-bond donors (Lipinski definition) is 1. The van der Waals surface area contributed by atoms with Gasteiger partial charge in [-0.3, -0.25) is 9.89 Å². The number of rotatable bonds is 2.